The van der Waals surface area contributed by atoms with Crippen molar-refractivity contribution in [3.05, 3.63) is 95.3 Å². The van der Waals surface area contributed by atoms with E-state index in [9.17, 15) is 9.59 Å². The predicted molar refractivity (Wildman–Crippen MR) is 137 cm³/mol. The van der Waals surface area contributed by atoms with Crippen LogP contribution in [0, 0.1) is 5.92 Å². The molecule has 0 bridgehead atoms. The number of thioether (sulfide) groups is 1. The maximum Gasteiger partial charge on any atom is 0.325 e. The van der Waals surface area contributed by atoms with Gasteiger partial charge in [0.1, 0.15) is 0 Å². The minimum Gasteiger partial charge on any atom is -0.400 e. The SMILES string of the molecule is CO.CSC1[C@@H](CC2=CCN(C)C(N)=C2)C(=O)N1C(=O)NC(c1ccccc1)c1ccccc1. The molecule has 2 atom stereocenters. The Balaban J connectivity index is 0.00000158. The van der Waals surface area contributed by atoms with E-state index in [1.165, 1.54) is 16.7 Å². The number of β-lactam (4-membered cyclic amide) rings is 1. The van der Waals surface area contributed by atoms with E-state index in [0.29, 0.717) is 12.2 Å². The second kappa shape index (κ2) is 11.8. The molecule has 7 nitrogen and oxygen atoms in total. The number of nitrogens with one attached hydrogen (secondary N) is 1. The van der Waals surface area contributed by atoms with Crippen LogP contribution in [-0.4, -0.2) is 59.2 Å². The summed E-state index contributed by atoms with van der Waals surface area (Å²) in [6.45, 7) is 0.725. The van der Waals surface area contributed by atoms with Gasteiger partial charge in [-0.2, -0.15) is 0 Å². The number of likely N-dealkylation sites (N-methyl/N-ethyl adjacent to an activating group) is 1. The van der Waals surface area contributed by atoms with E-state index in [2.05, 4.69) is 11.4 Å². The van der Waals surface area contributed by atoms with Crippen molar-refractivity contribution < 1.29 is 14.7 Å². The molecular formula is C26H32N4O3S. The lowest BCUT2D eigenvalue weighted by Crippen LogP contribution is -2.64. The number of rotatable bonds is 6. The van der Waals surface area contributed by atoms with Crippen LogP contribution in [-0.2, 0) is 4.79 Å². The normalized spacial score (nSPS) is 19.5. The van der Waals surface area contributed by atoms with Gasteiger partial charge in [0.2, 0.25) is 5.91 Å². The van der Waals surface area contributed by atoms with Gasteiger partial charge in [-0.3, -0.25) is 9.69 Å². The van der Waals surface area contributed by atoms with Crippen LogP contribution in [0.4, 0.5) is 4.79 Å². The predicted octanol–water partition coefficient (Wildman–Crippen LogP) is 3.30. The van der Waals surface area contributed by atoms with Crippen molar-refractivity contribution >= 4 is 23.7 Å². The molecule has 2 aliphatic heterocycles. The Labute approximate surface area is 205 Å². The van der Waals surface area contributed by atoms with Gasteiger partial charge in [0.15, 0.2) is 0 Å². The Morgan fingerprint density at radius 3 is 2.18 bits per heavy atom. The monoisotopic (exact) mass is 480 g/mol. The first-order chi connectivity index (χ1) is 16.5. The number of amides is 3. The number of likely N-dealkylation sites (tertiary alicyclic amines) is 1. The van der Waals surface area contributed by atoms with Crippen molar-refractivity contribution in [1.29, 1.82) is 0 Å². The number of imide groups is 1. The second-order valence-corrected chi connectivity index (χ2v) is 9.03. The molecule has 1 unspecified atom stereocenters. The molecule has 3 amide bonds. The summed E-state index contributed by atoms with van der Waals surface area (Å²) in [4.78, 5) is 29.5. The molecule has 1 fully saturated rings. The molecule has 4 N–H and O–H groups in total. The van der Waals surface area contributed by atoms with E-state index >= 15 is 0 Å². The van der Waals surface area contributed by atoms with E-state index in [-0.39, 0.29) is 29.3 Å². The number of aliphatic hydroxyl groups excluding tert-OH is 1. The van der Waals surface area contributed by atoms with E-state index in [4.69, 9.17) is 10.8 Å². The van der Waals surface area contributed by atoms with Crippen LogP contribution in [0.2, 0.25) is 0 Å². The third-order valence-electron chi connectivity index (χ3n) is 6.00. The topological polar surface area (TPSA) is 98.9 Å². The quantitative estimate of drug-likeness (QED) is 0.549. The van der Waals surface area contributed by atoms with Gasteiger partial charge in [-0.25, -0.2) is 4.79 Å². The molecule has 2 aromatic carbocycles. The highest BCUT2D eigenvalue weighted by molar-refractivity contribution is 7.99. The highest BCUT2D eigenvalue weighted by Crippen LogP contribution is 2.39. The fraction of sp³-hybridized carbons (Fsp3) is 0.308. The van der Waals surface area contributed by atoms with Crippen LogP contribution in [0.3, 0.4) is 0 Å². The zero-order valence-electron chi connectivity index (χ0n) is 19.7. The van der Waals surface area contributed by atoms with Crippen molar-refractivity contribution in [2.75, 3.05) is 27.0 Å². The molecule has 0 radical (unpaired) electrons. The maximum absolute atomic E-state index is 13.2. The summed E-state index contributed by atoms with van der Waals surface area (Å²) in [5.74, 6) is 0.313. The fourth-order valence-corrected chi connectivity index (χ4v) is 5.11. The molecule has 8 heteroatoms. The van der Waals surface area contributed by atoms with Crippen LogP contribution in [0.5, 0.6) is 0 Å². The molecule has 1 saturated heterocycles. The van der Waals surface area contributed by atoms with Crippen molar-refractivity contribution in [2.24, 2.45) is 11.7 Å². The highest BCUT2D eigenvalue weighted by atomic mass is 32.2. The third-order valence-corrected chi connectivity index (χ3v) is 7.03. The van der Waals surface area contributed by atoms with Gasteiger partial charge in [-0.15, -0.1) is 11.8 Å². The zero-order chi connectivity index (χ0) is 24.7. The van der Waals surface area contributed by atoms with E-state index in [1.54, 1.807) is 0 Å². The Morgan fingerprint density at radius 2 is 1.68 bits per heavy atom. The molecule has 2 aliphatic rings. The summed E-state index contributed by atoms with van der Waals surface area (Å²) in [5.41, 5.74) is 9.01. The molecule has 0 saturated carbocycles. The Hall–Kier alpha value is -3.23. The summed E-state index contributed by atoms with van der Waals surface area (Å²) in [6, 6.07) is 18.9. The first-order valence-corrected chi connectivity index (χ1v) is 12.4. The Kier molecular flexibility index (Phi) is 8.79. The number of aliphatic hydroxyl groups is 1. The molecule has 0 aliphatic carbocycles. The van der Waals surface area contributed by atoms with Gasteiger partial charge in [0.25, 0.3) is 0 Å². The maximum atomic E-state index is 13.2. The molecule has 0 aromatic heterocycles. The summed E-state index contributed by atoms with van der Waals surface area (Å²) in [6.07, 6.45) is 6.52. The zero-order valence-corrected chi connectivity index (χ0v) is 20.5. The first kappa shape index (κ1) is 25.4. The smallest absolute Gasteiger partial charge is 0.325 e. The molecule has 34 heavy (non-hydrogen) atoms. The third kappa shape index (κ3) is 5.46. The van der Waals surface area contributed by atoms with Gasteiger partial charge >= 0.3 is 6.03 Å². The van der Waals surface area contributed by atoms with Crippen LogP contribution in [0.1, 0.15) is 23.6 Å². The number of benzene rings is 2. The summed E-state index contributed by atoms with van der Waals surface area (Å²) in [5, 5.41) is 9.88. The standard InChI is InChI=1S/C25H28N4O2S.CH4O/c1-28-14-13-17(16-21(28)26)15-20-23(30)29(24(20)32-2)25(31)27-22(18-9-5-3-6-10-18)19-11-7-4-8-12-19;1-2/h3-13,16,20,22,24H,14-15,26H2,1-2H3,(H,27,31);2H,1H3/t20-,24?;/m0./s1. The van der Waals surface area contributed by atoms with Crippen LogP contribution < -0.4 is 11.1 Å². The molecule has 180 valence electrons. The molecular weight excluding hydrogens is 448 g/mol. The van der Waals surface area contributed by atoms with Crippen LogP contribution in [0.15, 0.2) is 84.2 Å². The molecule has 2 aromatic rings. The molecule has 2 heterocycles. The van der Waals surface area contributed by atoms with E-state index in [1.807, 2.05) is 84.9 Å². The number of urea groups is 1. The average molecular weight is 481 g/mol. The summed E-state index contributed by atoms with van der Waals surface area (Å²) in [7, 11) is 2.93. The van der Waals surface area contributed by atoms with Crippen molar-refractivity contribution in [1.82, 2.24) is 15.1 Å². The van der Waals surface area contributed by atoms with Crippen molar-refractivity contribution in [2.45, 2.75) is 17.8 Å². The minimum absolute atomic E-state index is 0.145. The Bertz CT molecular complexity index is 1000. The number of hydrogen-bond acceptors (Lipinski definition) is 6. The lowest BCUT2D eigenvalue weighted by molar-refractivity contribution is -0.144. The van der Waals surface area contributed by atoms with Crippen molar-refractivity contribution in [3.8, 4) is 0 Å². The second-order valence-electron chi connectivity index (χ2n) is 8.08. The number of allylic oxidation sites excluding steroid dienone is 2. The molecule has 0 spiro atoms. The van der Waals surface area contributed by atoms with Crippen LogP contribution >= 0.6 is 11.8 Å². The van der Waals surface area contributed by atoms with E-state index < -0.39 is 0 Å². The van der Waals surface area contributed by atoms with Gasteiger partial charge in [0.05, 0.1) is 23.2 Å². The van der Waals surface area contributed by atoms with Crippen LogP contribution in [0.25, 0.3) is 0 Å². The average Bonchev–Trinajstić information content (AvgIpc) is 2.88. The number of nitrogens with zero attached hydrogens (tertiary/aromatic N) is 2. The van der Waals surface area contributed by atoms with Gasteiger partial charge in [-0.1, -0.05) is 66.7 Å². The van der Waals surface area contributed by atoms with Gasteiger partial charge in [-0.05, 0) is 35.5 Å². The van der Waals surface area contributed by atoms with Gasteiger partial charge in [0, 0.05) is 20.7 Å². The number of hydrogen-bond donors (Lipinski definition) is 3. The first-order valence-electron chi connectivity index (χ1n) is 11.1. The molecule has 4 rings (SSSR count). The van der Waals surface area contributed by atoms with Crippen molar-refractivity contribution in [3.63, 3.8) is 0 Å². The van der Waals surface area contributed by atoms with Gasteiger partial charge < -0.3 is 21.1 Å². The number of nitrogens with two attached hydrogens (primary N) is 1. The highest BCUT2D eigenvalue weighted by Gasteiger charge is 2.50. The van der Waals surface area contributed by atoms with E-state index in [0.717, 1.165) is 30.4 Å². The largest absolute Gasteiger partial charge is 0.400 e. The summed E-state index contributed by atoms with van der Waals surface area (Å²) < 4.78 is 0. The Morgan fingerprint density at radius 1 is 1.12 bits per heavy atom. The lowest BCUT2D eigenvalue weighted by Gasteiger charge is -2.45. The number of carbonyl (C=O) groups excluding carboxylic acids is 2. The number of carbonyl (C=O) groups is 2. The summed E-state index contributed by atoms with van der Waals surface area (Å²) >= 11 is 1.52. The minimum atomic E-state index is -0.365. The fourth-order valence-electron chi connectivity index (χ4n) is 4.16. The lowest BCUT2D eigenvalue weighted by atomic mass is 9.89.